The Morgan fingerprint density at radius 1 is 1.50 bits per heavy atom. The van der Waals surface area contributed by atoms with E-state index in [1.54, 1.807) is 11.8 Å². The highest BCUT2D eigenvalue weighted by atomic mass is 32.1. The topological polar surface area (TPSA) is 72.1 Å². The molecule has 2 aromatic rings. The average Bonchev–Trinajstić information content (AvgIpc) is 2.94. The van der Waals surface area contributed by atoms with Crippen molar-refractivity contribution in [3.8, 4) is 0 Å². The van der Waals surface area contributed by atoms with Crippen LogP contribution in [-0.2, 0) is 6.42 Å². The largest absolute Gasteiger partial charge is 0.399 e. The summed E-state index contributed by atoms with van der Waals surface area (Å²) in [6.45, 7) is 2.49. The first-order valence-electron chi connectivity index (χ1n) is 5.66. The summed E-state index contributed by atoms with van der Waals surface area (Å²) >= 11 is 1.14. The predicted octanol–water partition coefficient (Wildman–Crippen LogP) is 1.63. The van der Waals surface area contributed by atoms with E-state index < -0.39 is 0 Å². The highest BCUT2D eigenvalue weighted by molar-refractivity contribution is 7.08. The number of nitrogens with zero attached hydrogens (tertiary/aromatic N) is 3. The second kappa shape index (κ2) is 4.06. The minimum Gasteiger partial charge on any atom is -0.399 e. The number of hydrogen-bond donors (Lipinski definition) is 1. The van der Waals surface area contributed by atoms with Gasteiger partial charge in [-0.3, -0.25) is 4.79 Å². The first-order chi connectivity index (χ1) is 8.66. The summed E-state index contributed by atoms with van der Waals surface area (Å²) in [5.74, 6) is -0.0353. The lowest BCUT2D eigenvalue weighted by atomic mass is 10.1. The number of carbonyl (C=O) groups is 1. The lowest BCUT2D eigenvalue weighted by molar-refractivity contribution is 0.0992. The van der Waals surface area contributed by atoms with Gasteiger partial charge in [-0.05, 0) is 42.6 Å². The highest BCUT2D eigenvalue weighted by Gasteiger charge is 2.28. The Bertz CT molecular complexity index is 622. The Labute approximate surface area is 108 Å². The summed E-state index contributed by atoms with van der Waals surface area (Å²) in [7, 11) is 0. The van der Waals surface area contributed by atoms with Gasteiger partial charge in [0.2, 0.25) is 0 Å². The summed E-state index contributed by atoms with van der Waals surface area (Å²) in [5.41, 5.74) is 9.21. The molecule has 1 aliphatic heterocycles. The standard InChI is InChI=1S/C12H12N4OS/c1-7-11(18-15-14-7)12(17)16-5-4-8-2-3-9(13)6-10(8)16/h2-3,6H,4-5,13H2,1H3. The Kier molecular flexibility index (Phi) is 2.52. The maximum atomic E-state index is 12.4. The van der Waals surface area contributed by atoms with Gasteiger partial charge in [-0.2, -0.15) is 0 Å². The molecule has 1 aromatic carbocycles. The van der Waals surface area contributed by atoms with Crippen molar-refractivity contribution in [3.05, 3.63) is 34.3 Å². The van der Waals surface area contributed by atoms with Crippen LogP contribution < -0.4 is 10.6 Å². The fraction of sp³-hybridized carbons (Fsp3) is 0.250. The van der Waals surface area contributed by atoms with Gasteiger partial charge >= 0.3 is 0 Å². The molecule has 0 atom stereocenters. The van der Waals surface area contributed by atoms with E-state index in [-0.39, 0.29) is 5.91 Å². The van der Waals surface area contributed by atoms with Crippen molar-refractivity contribution in [1.29, 1.82) is 0 Å². The Hall–Kier alpha value is -1.95. The molecule has 0 fully saturated rings. The third-order valence-electron chi connectivity index (χ3n) is 3.10. The van der Waals surface area contributed by atoms with Gasteiger partial charge in [-0.1, -0.05) is 10.6 Å². The Balaban J connectivity index is 2.00. The lowest BCUT2D eigenvalue weighted by Gasteiger charge is -2.16. The number of aromatic nitrogens is 2. The van der Waals surface area contributed by atoms with Crippen LogP contribution in [0.5, 0.6) is 0 Å². The number of aryl methyl sites for hydroxylation is 1. The molecule has 2 N–H and O–H groups in total. The van der Waals surface area contributed by atoms with Crippen LogP contribution >= 0.6 is 11.5 Å². The molecule has 0 saturated heterocycles. The maximum Gasteiger partial charge on any atom is 0.271 e. The Morgan fingerprint density at radius 3 is 3.06 bits per heavy atom. The van der Waals surface area contributed by atoms with Gasteiger partial charge in [0.1, 0.15) is 4.88 Å². The number of hydrogen-bond acceptors (Lipinski definition) is 5. The van der Waals surface area contributed by atoms with Crippen molar-refractivity contribution in [2.75, 3.05) is 17.2 Å². The van der Waals surface area contributed by atoms with Gasteiger partial charge < -0.3 is 10.6 Å². The molecular formula is C12H12N4OS. The van der Waals surface area contributed by atoms with Gasteiger partial charge in [0.15, 0.2) is 0 Å². The van der Waals surface area contributed by atoms with Crippen LogP contribution in [0, 0.1) is 6.92 Å². The van der Waals surface area contributed by atoms with Gasteiger partial charge in [0.05, 0.1) is 5.69 Å². The molecule has 0 bridgehead atoms. The zero-order valence-corrected chi connectivity index (χ0v) is 10.7. The molecule has 0 unspecified atom stereocenters. The lowest BCUT2D eigenvalue weighted by Crippen LogP contribution is -2.28. The zero-order chi connectivity index (χ0) is 12.7. The molecule has 1 aromatic heterocycles. The van der Waals surface area contributed by atoms with E-state index in [0.29, 0.717) is 22.8 Å². The number of anilines is 2. The van der Waals surface area contributed by atoms with Crippen molar-refractivity contribution in [1.82, 2.24) is 9.59 Å². The molecule has 0 saturated carbocycles. The first kappa shape index (κ1) is 11.2. The fourth-order valence-corrected chi connectivity index (χ4v) is 2.76. The van der Waals surface area contributed by atoms with E-state index in [1.165, 1.54) is 0 Å². The van der Waals surface area contributed by atoms with Gasteiger partial charge in [-0.15, -0.1) is 5.10 Å². The number of rotatable bonds is 1. The number of amides is 1. The third-order valence-corrected chi connectivity index (χ3v) is 3.91. The molecule has 3 rings (SSSR count). The molecule has 1 aliphatic rings. The third kappa shape index (κ3) is 1.65. The van der Waals surface area contributed by atoms with Gasteiger partial charge in [0.25, 0.3) is 5.91 Å². The first-order valence-corrected chi connectivity index (χ1v) is 6.43. The number of carbonyl (C=O) groups excluding carboxylic acids is 1. The van der Waals surface area contributed by atoms with E-state index in [2.05, 4.69) is 9.59 Å². The molecule has 1 amide bonds. The molecule has 6 heteroatoms. The van der Waals surface area contributed by atoms with Gasteiger partial charge in [-0.25, -0.2) is 0 Å². The van der Waals surface area contributed by atoms with Crippen molar-refractivity contribution in [2.45, 2.75) is 13.3 Å². The summed E-state index contributed by atoms with van der Waals surface area (Å²) < 4.78 is 3.81. The minimum absolute atomic E-state index is 0.0353. The highest BCUT2D eigenvalue weighted by Crippen LogP contribution is 2.31. The monoisotopic (exact) mass is 260 g/mol. The van der Waals surface area contributed by atoms with Crippen LogP contribution in [0.1, 0.15) is 20.9 Å². The summed E-state index contributed by atoms with van der Waals surface area (Å²) in [5, 5.41) is 3.88. The minimum atomic E-state index is -0.0353. The van der Waals surface area contributed by atoms with Crippen LogP contribution in [0.25, 0.3) is 0 Å². The number of fused-ring (bicyclic) bond motifs is 1. The van der Waals surface area contributed by atoms with Crippen molar-refractivity contribution in [2.24, 2.45) is 0 Å². The average molecular weight is 260 g/mol. The quantitative estimate of drug-likeness (QED) is 0.791. The second-order valence-corrected chi connectivity index (χ2v) is 5.04. The number of benzene rings is 1. The fourth-order valence-electron chi connectivity index (χ4n) is 2.16. The van der Waals surface area contributed by atoms with E-state index in [4.69, 9.17) is 5.73 Å². The summed E-state index contributed by atoms with van der Waals surface area (Å²) in [6.07, 6.45) is 0.868. The molecule has 0 spiro atoms. The molecule has 0 aliphatic carbocycles. The van der Waals surface area contributed by atoms with Crippen LogP contribution in [0.2, 0.25) is 0 Å². The van der Waals surface area contributed by atoms with E-state index in [9.17, 15) is 4.79 Å². The summed E-state index contributed by atoms with van der Waals surface area (Å²) in [4.78, 5) is 14.8. The zero-order valence-electron chi connectivity index (χ0n) is 9.88. The normalized spacial score (nSPS) is 13.7. The Morgan fingerprint density at radius 2 is 2.33 bits per heavy atom. The van der Waals surface area contributed by atoms with Crippen LogP contribution in [0.3, 0.4) is 0 Å². The molecule has 0 radical (unpaired) electrons. The van der Waals surface area contributed by atoms with Crippen LogP contribution in [-0.4, -0.2) is 22.0 Å². The maximum absolute atomic E-state index is 12.4. The second-order valence-electron chi connectivity index (χ2n) is 4.28. The molecule has 18 heavy (non-hydrogen) atoms. The number of nitrogens with two attached hydrogens (primary N) is 1. The molecule has 2 heterocycles. The van der Waals surface area contributed by atoms with E-state index in [1.807, 2.05) is 18.2 Å². The van der Waals surface area contributed by atoms with Crippen LogP contribution in [0.4, 0.5) is 11.4 Å². The smallest absolute Gasteiger partial charge is 0.271 e. The van der Waals surface area contributed by atoms with Crippen molar-refractivity contribution in [3.63, 3.8) is 0 Å². The molecule has 5 nitrogen and oxygen atoms in total. The van der Waals surface area contributed by atoms with E-state index >= 15 is 0 Å². The predicted molar refractivity (Wildman–Crippen MR) is 70.9 cm³/mol. The molecular weight excluding hydrogens is 248 g/mol. The van der Waals surface area contributed by atoms with Crippen molar-refractivity contribution < 1.29 is 4.79 Å². The van der Waals surface area contributed by atoms with Gasteiger partial charge in [0, 0.05) is 17.9 Å². The molecule has 92 valence electrons. The van der Waals surface area contributed by atoms with Crippen molar-refractivity contribution >= 4 is 28.8 Å². The van der Waals surface area contributed by atoms with E-state index in [0.717, 1.165) is 29.2 Å². The van der Waals surface area contributed by atoms with Crippen LogP contribution in [0.15, 0.2) is 18.2 Å². The SMILES string of the molecule is Cc1nnsc1C(=O)N1CCc2ccc(N)cc21. The summed E-state index contributed by atoms with van der Waals surface area (Å²) in [6, 6.07) is 5.70. The number of nitrogen functional groups attached to an aromatic ring is 1.